The Kier molecular flexibility index (Phi) is 5.31. The molecule has 3 heterocycles. The van der Waals surface area contributed by atoms with Gasteiger partial charge < -0.3 is 19.3 Å². The predicted octanol–water partition coefficient (Wildman–Crippen LogP) is 2.83. The number of anilines is 1. The molecule has 8 nitrogen and oxygen atoms in total. The quantitative estimate of drug-likeness (QED) is 0.588. The van der Waals surface area contributed by atoms with E-state index in [0.29, 0.717) is 32.1 Å². The SMILES string of the molecule is COc1cc(C(=O)N2CCN(c3nc4ccc(Br)cc4s3)CC2)nc(OC)n1. The number of nitrogens with zero attached hydrogens (tertiary/aromatic N) is 5. The van der Waals surface area contributed by atoms with Gasteiger partial charge in [0.15, 0.2) is 5.13 Å². The third kappa shape index (κ3) is 3.74. The van der Waals surface area contributed by atoms with Gasteiger partial charge >= 0.3 is 6.01 Å². The lowest BCUT2D eigenvalue weighted by atomic mass is 10.2. The van der Waals surface area contributed by atoms with Gasteiger partial charge in [0.05, 0.1) is 24.4 Å². The average molecular weight is 464 g/mol. The Bertz CT molecular complexity index is 997. The van der Waals surface area contributed by atoms with Gasteiger partial charge in [-0.05, 0) is 18.2 Å². The van der Waals surface area contributed by atoms with Gasteiger partial charge in [-0.3, -0.25) is 4.79 Å². The fraction of sp³-hybridized carbons (Fsp3) is 0.333. The van der Waals surface area contributed by atoms with Crippen molar-refractivity contribution in [2.45, 2.75) is 0 Å². The summed E-state index contributed by atoms with van der Waals surface area (Å²) in [6, 6.07) is 7.72. The van der Waals surface area contributed by atoms with Crippen molar-refractivity contribution in [3.8, 4) is 11.9 Å². The smallest absolute Gasteiger partial charge is 0.320 e. The third-order valence-corrected chi connectivity index (χ3v) is 6.04. The van der Waals surface area contributed by atoms with Crippen molar-refractivity contribution < 1.29 is 14.3 Å². The van der Waals surface area contributed by atoms with E-state index < -0.39 is 0 Å². The molecular formula is C18H18BrN5O3S. The van der Waals surface area contributed by atoms with Crippen LogP contribution in [0.2, 0.25) is 0 Å². The number of piperazine rings is 1. The molecule has 0 spiro atoms. The summed E-state index contributed by atoms with van der Waals surface area (Å²) >= 11 is 5.16. The fourth-order valence-corrected chi connectivity index (χ4v) is 4.56. The van der Waals surface area contributed by atoms with Crippen molar-refractivity contribution >= 4 is 48.5 Å². The summed E-state index contributed by atoms with van der Waals surface area (Å²) in [6.07, 6.45) is 0. The van der Waals surface area contributed by atoms with Crippen molar-refractivity contribution in [2.24, 2.45) is 0 Å². The molecule has 0 radical (unpaired) electrons. The molecule has 1 saturated heterocycles. The number of carbonyl (C=O) groups is 1. The average Bonchev–Trinajstić information content (AvgIpc) is 3.16. The van der Waals surface area contributed by atoms with Crippen molar-refractivity contribution in [2.75, 3.05) is 45.3 Å². The minimum absolute atomic E-state index is 0.113. The Morgan fingerprint density at radius 3 is 2.57 bits per heavy atom. The van der Waals surface area contributed by atoms with E-state index in [1.54, 1.807) is 16.2 Å². The maximum Gasteiger partial charge on any atom is 0.320 e. The Balaban J connectivity index is 1.46. The number of hydrogen-bond donors (Lipinski definition) is 0. The summed E-state index contributed by atoms with van der Waals surface area (Å²) < 4.78 is 12.4. The van der Waals surface area contributed by atoms with Gasteiger partial charge in [0.2, 0.25) is 5.88 Å². The van der Waals surface area contributed by atoms with E-state index in [0.717, 1.165) is 19.8 Å². The topological polar surface area (TPSA) is 80.7 Å². The molecule has 0 N–H and O–H groups in total. The molecule has 0 saturated carbocycles. The number of fused-ring (bicyclic) bond motifs is 1. The number of aromatic nitrogens is 3. The molecule has 2 aromatic heterocycles. The highest BCUT2D eigenvalue weighted by atomic mass is 79.9. The zero-order valence-corrected chi connectivity index (χ0v) is 17.8. The molecule has 10 heteroatoms. The molecule has 1 aromatic carbocycles. The van der Waals surface area contributed by atoms with Gasteiger partial charge in [-0.2, -0.15) is 9.97 Å². The maximum atomic E-state index is 12.8. The number of hydrogen-bond acceptors (Lipinski definition) is 8. The first-order valence-corrected chi connectivity index (χ1v) is 10.3. The second-order valence-corrected chi connectivity index (χ2v) is 8.09. The lowest BCUT2D eigenvalue weighted by Crippen LogP contribution is -2.49. The lowest BCUT2D eigenvalue weighted by molar-refractivity contribution is 0.0739. The number of thiazole rings is 1. The van der Waals surface area contributed by atoms with Crippen LogP contribution in [0.3, 0.4) is 0 Å². The van der Waals surface area contributed by atoms with Crippen molar-refractivity contribution in [3.63, 3.8) is 0 Å². The number of benzene rings is 1. The van der Waals surface area contributed by atoms with E-state index in [1.165, 1.54) is 20.3 Å². The largest absolute Gasteiger partial charge is 0.481 e. The van der Waals surface area contributed by atoms with Gasteiger partial charge in [-0.15, -0.1) is 0 Å². The van der Waals surface area contributed by atoms with Crippen LogP contribution in [0.5, 0.6) is 11.9 Å². The lowest BCUT2D eigenvalue weighted by Gasteiger charge is -2.34. The molecule has 1 amide bonds. The fourth-order valence-electron chi connectivity index (χ4n) is 2.99. The van der Waals surface area contributed by atoms with Crippen LogP contribution >= 0.6 is 27.3 Å². The molecule has 0 bridgehead atoms. The van der Waals surface area contributed by atoms with Crippen molar-refractivity contribution in [3.05, 3.63) is 34.4 Å². The van der Waals surface area contributed by atoms with Crippen LogP contribution in [0.25, 0.3) is 10.2 Å². The number of rotatable bonds is 4. The van der Waals surface area contributed by atoms with Gasteiger partial charge in [-0.25, -0.2) is 4.98 Å². The second-order valence-electron chi connectivity index (χ2n) is 6.17. The van der Waals surface area contributed by atoms with Gasteiger partial charge in [0.25, 0.3) is 5.91 Å². The number of amides is 1. The van der Waals surface area contributed by atoms with Gasteiger partial charge in [0, 0.05) is 36.7 Å². The zero-order chi connectivity index (χ0) is 19.7. The summed E-state index contributed by atoms with van der Waals surface area (Å²) in [5.74, 6) is 0.140. The standard InChI is InChI=1S/C18H18BrN5O3S/c1-26-15-10-13(20-17(22-15)27-2)16(25)23-5-7-24(8-6-23)18-21-12-4-3-11(19)9-14(12)28-18/h3-4,9-10H,5-8H2,1-2H3. The monoisotopic (exact) mass is 463 g/mol. The van der Waals surface area contributed by atoms with E-state index in [1.807, 2.05) is 12.1 Å². The Morgan fingerprint density at radius 1 is 1.07 bits per heavy atom. The van der Waals surface area contributed by atoms with E-state index in [2.05, 4.69) is 36.9 Å². The molecule has 0 unspecified atom stereocenters. The van der Waals surface area contributed by atoms with E-state index in [4.69, 9.17) is 14.5 Å². The summed E-state index contributed by atoms with van der Waals surface area (Å²) in [5.41, 5.74) is 1.25. The molecule has 4 rings (SSSR count). The van der Waals surface area contributed by atoms with Gasteiger partial charge in [0.1, 0.15) is 5.69 Å². The van der Waals surface area contributed by atoms with E-state index in [9.17, 15) is 4.79 Å². The van der Waals surface area contributed by atoms with Crippen LogP contribution < -0.4 is 14.4 Å². The van der Waals surface area contributed by atoms with Crippen LogP contribution in [-0.4, -0.2) is 66.2 Å². The zero-order valence-electron chi connectivity index (χ0n) is 15.4. The molecule has 146 valence electrons. The molecular weight excluding hydrogens is 446 g/mol. The molecule has 1 fully saturated rings. The molecule has 0 atom stereocenters. The number of ether oxygens (including phenoxy) is 2. The first-order valence-electron chi connectivity index (χ1n) is 8.65. The molecule has 0 aliphatic carbocycles. The van der Waals surface area contributed by atoms with Crippen LogP contribution in [0, 0.1) is 0 Å². The first kappa shape index (κ1) is 18.9. The molecule has 3 aromatic rings. The van der Waals surface area contributed by atoms with Crippen LogP contribution in [0.4, 0.5) is 5.13 Å². The molecule has 1 aliphatic heterocycles. The normalized spacial score (nSPS) is 14.4. The van der Waals surface area contributed by atoms with Gasteiger partial charge in [-0.1, -0.05) is 27.3 Å². The highest BCUT2D eigenvalue weighted by molar-refractivity contribution is 9.10. The Labute approximate surface area is 174 Å². The summed E-state index contributed by atoms with van der Waals surface area (Å²) in [7, 11) is 2.95. The molecule has 1 aliphatic rings. The summed E-state index contributed by atoms with van der Waals surface area (Å²) in [5, 5.41) is 0.977. The molecule has 28 heavy (non-hydrogen) atoms. The van der Waals surface area contributed by atoms with Crippen molar-refractivity contribution in [1.29, 1.82) is 0 Å². The Hall–Kier alpha value is -2.46. The number of halogens is 1. The Morgan fingerprint density at radius 2 is 1.86 bits per heavy atom. The minimum Gasteiger partial charge on any atom is -0.481 e. The maximum absolute atomic E-state index is 12.8. The first-order chi connectivity index (χ1) is 13.6. The van der Waals surface area contributed by atoms with Crippen LogP contribution in [0.1, 0.15) is 10.5 Å². The summed E-state index contributed by atoms with van der Waals surface area (Å²) in [4.78, 5) is 29.7. The highest BCUT2D eigenvalue weighted by Gasteiger charge is 2.25. The minimum atomic E-state index is -0.160. The van der Waals surface area contributed by atoms with Crippen molar-refractivity contribution in [1.82, 2.24) is 19.9 Å². The van der Waals surface area contributed by atoms with Crippen LogP contribution in [-0.2, 0) is 0 Å². The number of methoxy groups -OCH3 is 2. The van der Waals surface area contributed by atoms with Crippen LogP contribution in [0.15, 0.2) is 28.7 Å². The second kappa shape index (κ2) is 7.88. The third-order valence-electron chi connectivity index (χ3n) is 4.47. The number of carbonyl (C=O) groups excluding carboxylic acids is 1. The van der Waals surface area contributed by atoms with E-state index >= 15 is 0 Å². The predicted molar refractivity (Wildman–Crippen MR) is 111 cm³/mol. The van der Waals surface area contributed by atoms with E-state index in [-0.39, 0.29) is 17.6 Å². The summed E-state index contributed by atoms with van der Waals surface area (Å²) in [6.45, 7) is 2.61. The highest BCUT2D eigenvalue weighted by Crippen LogP contribution is 2.31.